The number of esters is 1. The largest absolute Gasteiger partial charge is 0.468 e. The SMILES string of the molecule is COC(=O)[C@H](N)Cc1ccc(Cl)cc1F.Cl. The highest BCUT2D eigenvalue weighted by atomic mass is 35.5. The maximum absolute atomic E-state index is 13.3. The van der Waals surface area contributed by atoms with E-state index in [1.807, 2.05) is 0 Å². The Labute approximate surface area is 104 Å². The normalized spacial score (nSPS) is 11.5. The number of halogens is 3. The Hall–Kier alpha value is -0.840. The summed E-state index contributed by atoms with van der Waals surface area (Å²) in [6.45, 7) is 0. The van der Waals surface area contributed by atoms with Crippen LogP contribution in [0, 0.1) is 5.82 Å². The summed E-state index contributed by atoms with van der Waals surface area (Å²) in [7, 11) is 1.24. The molecule has 0 heterocycles. The van der Waals surface area contributed by atoms with Crippen LogP contribution in [0.2, 0.25) is 5.02 Å². The predicted molar refractivity (Wildman–Crippen MR) is 62.4 cm³/mol. The number of rotatable bonds is 3. The molecule has 0 fully saturated rings. The molecule has 1 atom stereocenters. The van der Waals surface area contributed by atoms with Crippen molar-refractivity contribution < 1.29 is 13.9 Å². The second-order valence-corrected chi connectivity index (χ2v) is 3.51. The molecule has 0 saturated heterocycles. The monoisotopic (exact) mass is 267 g/mol. The number of ether oxygens (including phenoxy) is 1. The summed E-state index contributed by atoms with van der Waals surface area (Å²) in [4.78, 5) is 11.0. The molecule has 0 aliphatic rings. The average molecular weight is 268 g/mol. The van der Waals surface area contributed by atoms with E-state index in [2.05, 4.69) is 4.74 Å². The lowest BCUT2D eigenvalue weighted by molar-refractivity contribution is -0.142. The van der Waals surface area contributed by atoms with Crippen molar-refractivity contribution >= 4 is 30.0 Å². The molecule has 90 valence electrons. The minimum Gasteiger partial charge on any atom is -0.468 e. The van der Waals surface area contributed by atoms with Crippen molar-refractivity contribution in [1.82, 2.24) is 0 Å². The Morgan fingerprint density at radius 2 is 2.25 bits per heavy atom. The molecule has 0 aromatic heterocycles. The first kappa shape index (κ1) is 15.2. The van der Waals surface area contributed by atoms with Crippen molar-refractivity contribution in [3.05, 3.63) is 34.6 Å². The summed E-state index contributed by atoms with van der Waals surface area (Å²) in [5, 5.41) is 0.308. The lowest BCUT2D eigenvalue weighted by Crippen LogP contribution is -2.33. The molecular weight excluding hydrogens is 256 g/mol. The van der Waals surface area contributed by atoms with Crippen molar-refractivity contribution in [3.63, 3.8) is 0 Å². The number of hydrogen-bond donors (Lipinski definition) is 1. The summed E-state index contributed by atoms with van der Waals surface area (Å²) < 4.78 is 17.7. The van der Waals surface area contributed by atoms with Gasteiger partial charge in [-0.2, -0.15) is 0 Å². The predicted octanol–water partition coefficient (Wildman–Crippen LogP) is 1.94. The molecule has 0 aliphatic carbocycles. The highest BCUT2D eigenvalue weighted by molar-refractivity contribution is 6.30. The van der Waals surface area contributed by atoms with Crippen LogP contribution in [0.25, 0.3) is 0 Å². The molecule has 0 saturated carbocycles. The molecule has 0 amide bonds. The fourth-order valence-electron chi connectivity index (χ4n) is 1.16. The Bertz CT molecular complexity index is 374. The van der Waals surface area contributed by atoms with E-state index in [0.717, 1.165) is 0 Å². The van der Waals surface area contributed by atoms with Gasteiger partial charge in [0.05, 0.1) is 7.11 Å². The zero-order valence-corrected chi connectivity index (χ0v) is 10.1. The first-order chi connectivity index (χ1) is 7.04. The second kappa shape index (κ2) is 6.68. The lowest BCUT2D eigenvalue weighted by Gasteiger charge is -2.09. The summed E-state index contributed by atoms with van der Waals surface area (Å²) in [6.07, 6.45) is 0.0929. The molecule has 1 aromatic rings. The van der Waals surface area contributed by atoms with Gasteiger partial charge in [-0.1, -0.05) is 17.7 Å². The Balaban J connectivity index is 0.00000225. The van der Waals surface area contributed by atoms with Gasteiger partial charge in [-0.05, 0) is 17.7 Å². The first-order valence-electron chi connectivity index (χ1n) is 4.32. The van der Waals surface area contributed by atoms with Crippen LogP contribution in [0.3, 0.4) is 0 Å². The number of hydrogen-bond acceptors (Lipinski definition) is 3. The number of carbonyl (C=O) groups excluding carboxylic acids is 1. The van der Waals surface area contributed by atoms with Crippen molar-refractivity contribution in [1.29, 1.82) is 0 Å². The van der Waals surface area contributed by atoms with E-state index in [-0.39, 0.29) is 18.8 Å². The van der Waals surface area contributed by atoms with Crippen LogP contribution in [0.4, 0.5) is 4.39 Å². The van der Waals surface area contributed by atoms with Crippen LogP contribution in [0.5, 0.6) is 0 Å². The highest BCUT2D eigenvalue weighted by Crippen LogP contribution is 2.15. The molecule has 0 aliphatic heterocycles. The maximum atomic E-state index is 13.3. The summed E-state index contributed by atoms with van der Waals surface area (Å²) in [5.41, 5.74) is 5.84. The van der Waals surface area contributed by atoms with Crippen molar-refractivity contribution in [3.8, 4) is 0 Å². The van der Waals surface area contributed by atoms with E-state index < -0.39 is 17.8 Å². The molecule has 0 unspecified atom stereocenters. The number of benzene rings is 1. The molecule has 0 radical (unpaired) electrons. The van der Waals surface area contributed by atoms with Gasteiger partial charge in [0.25, 0.3) is 0 Å². The third kappa shape index (κ3) is 3.96. The van der Waals surface area contributed by atoms with Gasteiger partial charge >= 0.3 is 5.97 Å². The van der Waals surface area contributed by atoms with Crippen molar-refractivity contribution in [2.75, 3.05) is 7.11 Å². The fraction of sp³-hybridized carbons (Fsp3) is 0.300. The van der Waals surface area contributed by atoms with Crippen LogP contribution in [0.15, 0.2) is 18.2 Å². The quantitative estimate of drug-likeness (QED) is 0.852. The van der Waals surface area contributed by atoms with Crippen molar-refractivity contribution in [2.45, 2.75) is 12.5 Å². The zero-order valence-electron chi connectivity index (χ0n) is 8.57. The fourth-order valence-corrected chi connectivity index (χ4v) is 1.32. The molecule has 1 aromatic carbocycles. The Morgan fingerprint density at radius 1 is 1.62 bits per heavy atom. The van der Waals surface area contributed by atoms with Gasteiger partial charge < -0.3 is 10.5 Å². The summed E-state index contributed by atoms with van der Waals surface area (Å²) in [5.74, 6) is -1.04. The van der Waals surface area contributed by atoms with Crippen molar-refractivity contribution in [2.24, 2.45) is 5.73 Å². The van der Waals surface area contributed by atoms with E-state index in [4.69, 9.17) is 17.3 Å². The summed E-state index contributed by atoms with van der Waals surface area (Å²) >= 11 is 5.58. The molecule has 0 spiro atoms. The molecule has 6 heteroatoms. The van der Waals surface area contributed by atoms with Gasteiger partial charge in [-0.25, -0.2) is 4.39 Å². The number of carbonyl (C=O) groups is 1. The Morgan fingerprint density at radius 3 is 2.75 bits per heavy atom. The van der Waals surface area contributed by atoms with Crippen LogP contribution in [-0.2, 0) is 16.0 Å². The molecule has 1 rings (SSSR count). The first-order valence-corrected chi connectivity index (χ1v) is 4.69. The number of methoxy groups -OCH3 is 1. The Kier molecular flexibility index (Phi) is 6.33. The van der Waals surface area contributed by atoms with E-state index in [1.54, 1.807) is 6.07 Å². The molecular formula is C10H12Cl2FNO2. The standard InChI is InChI=1S/C10H11ClFNO2.ClH/c1-15-10(14)9(13)4-6-2-3-7(11)5-8(6)12;/h2-3,5,9H,4,13H2,1H3;1H/t9-;/m1./s1. The summed E-state index contributed by atoms with van der Waals surface area (Å²) in [6, 6.07) is 3.37. The van der Waals surface area contributed by atoms with E-state index in [0.29, 0.717) is 10.6 Å². The number of nitrogens with two attached hydrogens (primary N) is 1. The minimum absolute atomic E-state index is 0. The minimum atomic E-state index is -0.856. The van der Waals surface area contributed by atoms with Gasteiger partial charge in [0.1, 0.15) is 11.9 Å². The molecule has 16 heavy (non-hydrogen) atoms. The van der Waals surface area contributed by atoms with Crippen LogP contribution in [0.1, 0.15) is 5.56 Å². The molecule has 2 N–H and O–H groups in total. The maximum Gasteiger partial charge on any atom is 0.322 e. The third-order valence-electron chi connectivity index (χ3n) is 1.96. The van der Waals surface area contributed by atoms with E-state index in [1.165, 1.54) is 19.2 Å². The van der Waals surface area contributed by atoms with Gasteiger partial charge in [-0.3, -0.25) is 4.79 Å². The zero-order chi connectivity index (χ0) is 11.4. The highest BCUT2D eigenvalue weighted by Gasteiger charge is 2.16. The molecule has 0 bridgehead atoms. The smallest absolute Gasteiger partial charge is 0.322 e. The lowest BCUT2D eigenvalue weighted by atomic mass is 10.1. The van der Waals surface area contributed by atoms with Gasteiger partial charge in [0, 0.05) is 11.4 Å². The topological polar surface area (TPSA) is 52.3 Å². The van der Waals surface area contributed by atoms with Gasteiger partial charge in [-0.15, -0.1) is 12.4 Å². The average Bonchev–Trinajstić information content (AvgIpc) is 2.20. The van der Waals surface area contributed by atoms with Gasteiger partial charge in [0.2, 0.25) is 0 Å². The van der Waals surface area contributed by atoms with E-state index in [9.17, 15) is 9.18 Å². The van der Waals surface area contributed by atoms with Crippen LogP contribution < -0.4 is 5.73 Å². The third-order valence-corrected chi connectivity index (χ3v) is 2.19. The van der Waals surface area contributed by atoms with Crippen LogP contribution >= 0.6 is 24.0 Å². The van der Waals surface area contributed by atoms with E-state index >= 15 is 0 Å². The second-order valence-electron chi connectivity index (χ2n) is 3.07. The molecule has 3 nitrogen and oxygen atoms in total. The van der Waals surface area contributed by atoms with Gasteiger partial charge in [0.15, 0.2) is 0 Å². The van der Waals surface area contributed by atoms with Crippen LogP contribution in [-0.4, -0.2) is 19.1 Å².